The molecule has 1 aliphatic rings. The first-order chi connectivity index (χ1) is 9.60. The molecule has 0 spiro atoms. The van der Waals surface area contributed by atoms with Gasteiger partial charge in [-0.15, -0.1) is 0 Å². The number of halogens is 1. The molecule has 2 rings (SSSR count). The second kappa shape index (κ2) is 6.88. The predicted molar refractivity (Wildman–Crippen MR) is 78.5 cm³/mol. The van der Waals surface area contributed by atoms with Gasteiger partial charge in [-0.1, -0.05) is 18.5 Å². The molecule has 0 aromatic heterocycles. The van der Waals surface area contributed by atoms with E-state index in [-0.39, 0.29) is 11.8 Å². The minimum absolute atomic E-state index is 0.00776. The summed E-state index contributed by atoms with van der Waals surface area (Å²) in [5.74, 6) is 0. The number of hydrogen-bond acceptors (Lipinski definition) is 5. The first-order valence-corrected chi connectivity index (χ1v) is 6.99. The van der Waals surface area contributed by atoms with E-state index in [1.165, 1.54) is 12.1 Å². The van der Waals surface area contributed by atoms with Crippen molar-refractivity contribution in [1.29, 1.82) is 0 Å². The molecule has 1 aromatic rings. The number of nitrogens with one attached hydrogen (secondary N) is 1. The molecule has 110 valence electrons. The molecule has 0 saturated carbocycles. The third kappa shape index (κ3) is 3.82. The standard InChI is InChI=1S/C13H18ClN3O3/c1-2-16-5-6-20-11(9-16)8-15-13-4-3-10(17(18)19)7-12(13)14/h3-4,7,11,15H,2,5-6,8-9H2,1H3. The minimum atomic E-state index is -0.459. The van der Waals surface area contributed by atoms with Crippen molar-refractivity contribution in [3.05, 3.63) is 33.3 Å². The Balaban J connectivity index is 1.92. The van der Waals surface area contributed by atoms with Crippen molar-refractivity contribution in [2.24, 2.45) is 0 Å². The summed E-state index contributed by atoms with van der Waals surface area (Å²) >= 11 is 6.03. The second-order valence-electron chi connectivity index (χ2n) is 4.69. The molecule has 20 heavy (non-hydrogen) atoms. The summed E-state index contributed by atoms with van der Waals surface area (Å²) in [4.78, 5) is 12.5. The third-order valence-electron chi connectivity index (χ3n) is 3.35. The van der Waals surface area contributed by atoms with Gasteiger partial charge >= 0.3 is 0 Å². The smallest absolute Gasteiger partial charge is 0.271 e. The molecule has 1 aromatic carbocycles. The van der Waals surface area contributed by atoms with Crippen LogP contribution in [0.4, 0.5) is 11.4 Å². The lowest BCUT2D eigenvalue weighted by molar-refractivity contribution is -0.384. The summed E-state index contributed by atoms with van der Waals surface area (Å²) in [6.07, 6.45) is 0.106. The highest BCUT2D eigenvalue weighted by Gasteiger charge is 2.19. The van der Waals surface area contributed by atoms with Gasteiger partial charge < -0.3 is 10.1 Å². The van der Waals surface area contributed by atoms with Crippen molar-refractivity contribution < 1.29 is 9.66 Å². The van der Waals surface area contributed by atoms with Gasteiger partial charge in [0.15, 0.2) is 0 Å². The normalized spacial score (nSPS) is 19.8. The van der Waals surface area contributed by atoms with Crippen LogP contribution in [-0.2, 0) is 4.74 Å². The number of morpholine rings is 1. The van der Waals surface area contributed by atoms with Gasteiger partial charge in [-0.25, -0.2) is 0 Å². The third-order valence-corrected chi connectivity index (χ3v) is 3.67. The first-order valence-electron chi connectivity index (χ1n) is 6.62. The monoisotopic (exact) mass is 299 g/mol. The SMILES string of the molecule is CCN1CCOC(CNc2ccc([N+](=O)[O-])cc2Cl)C1. The molecule has 0 amide bonds. The first kappa shape index (κ1) is 15.0. The molecule has 7 heteroatoms. The van der Waals surface area contributed by atoms with Gasteiger partial charge in [0.1, 0.15) is 0 Å². The van der Waals surface area contributed by atoms with Crippen LogP contribution in [0.2, 0.25) is 5.02 Å². The Kier molecular flexibility index (Phi) is 5.17. The molecule has 1 unspecified atom stereocenters. The minimum Gasteiger partial charge on any atom is -0.381 e. The molecule has 0 bridgehead atoms. The average molecular weight is 300 g/mol. The highest BCUT2D eigenvalue weighted by molar-refractivity contribution is 6.33. The molecule has 1 heterocycles. The topological polar surface area (TPSA) is 67.6 Å². The fourth-order valence-corrected chi connectivity index (χ4v) is 2.42. The Morgan fingerprint density at radius 2 is 2.40 bits per heavy atom. The van der Waals surface area contributed by atoms with E-state index in [9.17, 15) is 10.1 Å². The molecule has 1 aliphatic heterocycles. The highest BCUT2D eigenvalue weighted by atomic mass is 35.5. The van der Waals surface area contributed by atoms with Crippen molar-refractivity contribution in [2.45, 2.75) is 13.0 Å². The van der Waals surface area contributed by atoms with Crippen LogP contribution in [0.15, 0.2) is 18.2 Å². The highest BCUT2D eigenvalue weighted by Crippen LogP contribution is 2.26. The van der Waals surface area contributed by atoms with Crippen molar-refractivity contribution in [3.63, 3.8) is 0 Å². The molecule has 1 fully saturated rings. The van der Waals surface area contributed by atoms with Crippen molar-refractivity contribution >= 4 is 23.0 Å². The van der Waals surface area contributed by atoms with Crippen molar-refractivity contribution in [2.75, 3.05) is 38.1 Å². The number of hydrogen-bond donors (Lipinski definition) is 1. The van der Waals surface area contributed by atoms with Crippen LogP contribution >= 0.6 is 11.6 Å². The van der Waals surface area contributed by atoms with Crippen molar-refractivity contribution in [3.8, 4) is 0 Å². The van der Waals surface area contributed by atoms with Crippen molar-refractivity contribution in [1.82, 2.24) is 4.90 Å². The van der Waals surface area contributed by atoms with E-state index < -0.39 is 4.92 Å². The maximum atomic E-state index is 10.6. The fraction of sp³-hybridized carbons (Fsp3) is 0.538. The summed E-state index contributed by atoms with van der Waals surface area (Å²) in [6.45, 7) is 6.35. The zero-order chi connectivity index (χ0) is 14.5. The molecule has 6 nitrogen and oxygen atoms in total. The Morgan fingerprint density at radius 3 is 3.05 bits per heavy atom. The zero-order valence-corrected chi connectivity index (χ0v) is 12.1. The van der Waals surface area contributed by atoms with E-state index in [2.05, 4.69) is 17.1 Å². The summed E-state index contributed by atoms with van der Waals surface area (Å²) in [6, 6.07) is 4.42. The number of rotatable bonds is 5. The molecule has 1 saturated heterocycles. The Morgan fingerprint density at radius 1 is 1.60 bits per heavy atom. The Bertz CT molecular complexity index is 484. The van der Waals surface area contributed by atoms with Crippen LogP contribution in [-0.4, -0.2) is 48.7 Å². The second-order valence-corrected chi connectivity index (χ2v) is 5.10. The van der Waals surface area contributed by atoms with Crippen LogP contribution in [0.25, 0.3) is 0 Å². The van der Waals surface area contributed by atoms with Gasteiger partial charge in [0, 0.05) is 31.8 Å². The number of nitro benzene ring substituents is 1. The zero-order valence-electron chi connectivity index (χ0n) is 11.3. The van der Waals surface area contributed by atoms with E-state index in [0.29, 0.717) is 17.3 Å². The number of ether oxygens (including phenoxy) is 1. The summed E-state index contributed by atoms with van der Waals surface area (Å²) in [5.41, 5.74) is 0.682. The van der Waals surface area contributed by atoms with Gasteiger partial charge in [0.2, 0.25) is 0 Å². The summed E-state index contributed by atoms with van der Waals surface area (Å²) < 4.78 is 5.68. The van der Waals surface area contributed by atoms with Gasteiger partial charge in [-0.3, -0.25) is 15.0 Å². The van der Waals surface area contributed by atoms with E-state index in [1.807, 2.05) is 0 Å². The maximum Gasteiger partial charge on any atom is 0.271 e. The Labute approximate surface area is 122 Å². The van der Waals surface area contributed by atoms with Crippen LogP contribution in [0.1, 0.15) is 6.92 Å². The van der Waals surface area contributed by atoms with Crippen LogP contribution in [0, 0.1) is 10.1 Å². The Hall–Kier alpha value is -1.37. The average Bonchev–Trinajstić information content (AvgIpc) is 2.46. The van der Waals surface area contributed by atoms with Gasteiger partial charge in [-0.05, 0) is 12.6 Å². The van der Waals surface area contributed by atoms with E-state index >= 15 is 0 Å². The van der Waals surface area contributed by atoms with Crippen LogP contribution in [0.5, 0.6) is 0 Å². The fourth-order valence-electron chi connectivity index (χ4n) is 2.18. The molecular formula is C13H18ClN3O3. The lowest BCUT2D eigenvalue weighted by Gasteiger charge is -2.32. The molecule has 1 atom stereocenters. The van der Waals surface area contributed by atoms with E-state index in [4.69, 9.17) is 16.3 Å². The summed E-state index contributed by atoms with van der Waals surface area (Å²) in [7, 11) is 0. The molecule has 1 N–H and O–H groups in total. The molecule has 0 radical (unpaired) electrons. The number of nitrogens with zero attached hydrogens (tertiary/aromatic N) is 2. The lowest BCUT2D eigenvalue weighted by atomic mass is 10.2. The van der Waals surface area contributed by atoms with Gasteiger partial charge in [-0.2, -0.15) is 0 Å². The molecule has 0 aliphatic carbocycles. The van der Waals surface area contributed by atoms with Gasteiger partial charge in [0.25, 0.3) is 5.69 Å². The lowest BCUT2D eigenvalue weighted by Crippen LogP contribution is -2.45. The summed E-state index contributed by atoms with van der Waals surface area (Å²) in [5, 5.41) is 14.2. The van der Waals surface area contributed by atoms with Crippen LogP contribution < -0.4 is 5.32 Å². The number of nitro groups is 1. The number of benzene rings is 1. The molecular weight excluding hydrogens is 282 g/mol. The number of non-ortho nitro benzene ring substituents is 1. The van der Waals surface area contributed by atoms with E-state index in [1.54, 1.807) is 6.07 Å². The number of anilines is 1. The van der Waals surface area contributed by atoms with Crippen LogP contribution in [0.3, 0.4) is 0 Å². The number of likely N-dealkylation sites (N-methyl/N-ethyl adjacent to an activating group) is 1. The predicted octanol–water partition coefficient (Wildman–Crippen LogP) is 2.38. The largest absolute Gasteiger partial charge is 0.381 e. The quantitative estimate of drug-likeness (QED) is 0.668. The maximum absolute atomic E-state index is 10.6. The van der Waals surface area contributed by atoms with Gasteiger partial charge in [0.05, 0.1) is 28.3 Å². The van der Waals surface area contributed by atoms with E-state index in [0.717, 1.165) is 26.2 Å².